The molecule has 12 heteroatoms. The van der Waals surface area contributed by atoms with Gasteiger partial charge in [0.2, 0.25) is 0 Å². The van der Waals surface area contributed by atoms with E-state index in [2.05, 4.69) is 118 Å². The van der Waals surface area contributed by atoms with Crippen molar-refractivity contribution in [2.45, 2.75) is 251 Å². The van der Waals surface area contributed by atoms with E-state index < -0.39 is 57.8 Å². The molecule has 0 saturated heterocycles. The van der Waals surface area contributed by atoms with Crippen LogP contribution in [0.25, 0.3) is 0 Å². The summed E-state index contributed by atoms with van der Waals surface area (Å²) in [7, 11) is -4.77. The molecular weight excluding hydrogens is 952 g/mol. The second-order valence-electron chi connectivity index (χ2n) is 19.0. The molecule has 0 aliphatic heterocycles. The minimum atomic E-state index is -4.77. The summed E-state index contributed by atoms with van der Waals surface area (Å²) in [6.07, 6.45) is 65.2. The van der Waals surface area contributed by atoms with Gasteiger partial charge in [0.25, 0.3) is 0 Å². The molecule has 0 aliphatic rings. The Balaban J connectivity index is 4.81. The lowest BCUT2D eigenvalue weighted by molar-refractivity contribution is -0.161. The fourth-order valence-electron chi connectivity index (χ4n) is 7.63. The maximum Gasteiger partial charge on any atom is 0.472 e. The van der Waals surface area contributed by atoms with Gasteiger partial charge in [0.05, 0.1) is 19.8 Å². The molecule has 0 bridgehead atoms. The molecule has 0 aromatic heterocycles. The van der Waals surface area contributed by atoms with Gasteiger partial charge in [-0.3, -0.25) is 23.4 Å². The Morgan fingerprint density at radius 1 is 0.392 bits per heavy atom. The van der Waals surface area contributed by atoms with Crippen LogP contribution in [0.5, 0.6) is 0 Å². The number of aliphatic hydroxyl groups excluding tert-OH is 1. The Morgan fingerprint density at radius 3 is 1.08 bits per heavy atom. The molecule has 0 spiro atoms. The molecule has 0 heterocycles. The van der Waals surface area contributed by atoms with Crippen LogP contribution in [0.4, 0.5) is 0 Å². The third kappa shape index (κ3) is 53.2. The van der Waals surface area contributed by atoms with Crippen LogP contribution in [0.1, 0.15) is 239 Å². The van der Waals surface area contributed by atoms with E-state index in [0.717, 1.165) is 96.3 Å². The Hall–Kier alpha value is -3.60. The monoisotopic (exact) mass is 1060 g/mol. The normalized spacial score (nSPS) is 14.1. The molecule has 3 unspecified atom stereocenters. The Kier molecular flexibility index (Phi) is 52.9. The number of unbranched alkanes of at least 4 members (excludes halogenated alkanes) is 20. The highest BCUT2D eigenvalue weighted by atomic mass is 31.2. The van der Waals surface area contributed by atoms with Crippen molar-refractivity contribution in [1.82, 2.24) is 0 Å². The van der Waals surface area contributed by atoms with Gasteiger partial charge in [-0.25, -0.2) is 4.57 Å². The number of aliphatic hydroxyl groups is 1. The van der Waals surface area contributed by atoms with Crippen molar-refractivity contribution in [1.29, 1.82) is 0 Å². The number of esters is 3. The number of allylic oxidation sites excluding steroid dienone is 16. The predicted octanol–water partition coefficient (Wildman–Crippen LogP) is 17.3. The van der Waals surface area contributed by atoms with Crippen molar-refractivity contribution in [3.63, 3.8) is 0 Å². The molecule has 0 amide bonds. The molecule has 0 aliphatic carbocycles. The van der Waals surface area contributed by atoms with Crippen LogP contribution in [0.2, 0.25) is 0 Å². The highest BCUT2D eigenvalue weighted by Gasteiger charge is 2.28. The number of rotatable bonds is 53. The van der Waals surface area contributed by atoms with E-state index in [1.54, 1.807) is 0 Å². The molecule has 3 atom stereocenters. The van der Waals surface area contributed by atoms with Gasteiger partial charge in [-0.2, -0.15) is 0 Å². The zero-order valence-electron chi connectivity index (χ0n) is 46.8. The van der Waals surface area contributed by atoms with Gasteiger partial charge in [-0.15, -0.1) is 0 Å². The summed E-state index contributed by atoms with van der Waals surface area (Å²) in [5, 5.41) is 9.81. The smallest absolute Gasteiger partial charge is 0.462 e. The van der Waals surface area contributed by atoms with Crippen LogP contribution in [-0.4, -0.2) is 66.5 Å². The minimum absolute atomic E-state index is 0.119. The number of carbonyl (C=O) groups excluding carboxylic acids is 3. The minimum Gasteiger partial charge on any atom is -0.462 e. The van der Waals surface area contributed by atoms with Crippen LogP contribution >= 0.6 is 7.82 Å². The summed E-state index contributed by atoms with van der Waals surface area (Å²) in [5.41, 5.74) is 0. The van der Waals surface area contributed by atoms with Gasteiger partial charge < -0.3 is 24.2 Å². The standard InChI is InChI=1S/C62H105O11P/c1-4-7-10-13-16-19-22-25-28-29-32-35-38-41-44-47-50-53-62(66)73-59(55-69-60(64)51-48-45-42-39-36-33-30-26-23-20-17-14-11-8-5-2)57-71-74(67,68)70-56-58(54-63)72-61(65)52-49-46-43-40-37-34-31-27-24-21-18-15-12-9-6-3/h8-9,11-12,17-18,20-21,26-27,30-31,36-37,39-40,58-59,63H,4-7,10,13-16,19,22-25,28-29,32-35,38,41-57H2,1-3H3,(H,67,68)/b11-8-,12-9-,20-17-,21-18-,30-26-,31-27-,39-36-,40-37-. The zero-order valence-corrected chi connectivity index (χ0v) is 47.7. The average Bonchev–Trinajstić information content (AvgIpc) is 3.39. The van der Waals surface area contributed by atoms with Crippen LogP contribution in [0.15, 0.2) is 97.2 Å². The van der Waals surface area contributed by atoms with Gasteiger partial charge in [-0.05, 0) is 96.3 Å². The third-order valence-electron chi connectivity index (χ3n) is 12.0. The van der Waals surface area contributed by atoms with Crippen molar-refractivity contribution < 1.29 is 52.2 Å². The van der Waals surface area contributed by atoms with E-state index in [-0.39, 0.29) is 25.9 Å². The SMILES string of the molecule is CC/C=C\C/C=C\C/C=C\C/C=C\CCCCC(=O)OCC(COP(=O)(O)OCC(CO)OC(=O)CCCC/C=C\C/C=C\C/C=C\C/C=C\CC)OC(=O)CCCCCCCCCCCCCCCCCCC. The highest BCUT2D eigenvalue weighted by Crippen LogP contribution is 2.43. The molecule has 0 fully saturated rings. The van der Waals surface area contributed by atoms with Gasteiger partial charge >= 0.3 is 25.7 Å². The number of ether oxygens (including phenoxy) is 3. The first-order valence-electron chi connectivity index (χ1n) is 29.1. The molecule has 74 heavy (non-hydrogen) atoms. The first-order valence-corrected chi connectivity index (χ1v) is 30.6. The fourth-order valence-corrected chi connectivity index (χ4v) is 8.42. The van der Waals surface area contributed by atoms with Crippen molar-refractivity contribution in [2.75, 3.05) is 26.4 Å². The van der Waals surface area contributed by atoms with Crippen LogP contribution < -0.4 is 0 Å². The number of hydrogen-bond acceptors (Lipinski definition) is 10. The van der Waals surface area contributed by atoms with Crippen LogP contribution in [0, 0.1) is 0 Å². The second kappa shape index (κ2) is 55.6. The number of phosphoric acid groups is 1. The quantitative estimate of drug-likeness (QED) is 0.0197. The van der Waals surface area contributed by atoms with E-state index in [9.17, 15) is 28.9 Å². The summed E-state index contributed by atoms with van der Waals surface area (Å²) >= 11 is 0. The van der Waals surface area contributed by atoms with E-state index in [4.69, 9.17) is 23.3 Å². The third-order valence-corrected chi connectivity index (χ3v) is 13.0. The maximum atomic E-state index is 12.9. The van der Waals surface area contributed by atoms with Gasteiger partial charge in [0.15, 0.2) is 6.10 Å². The summed E-state index contributed by atoms with van der Waals surface area (Å²) in [6.45, 7) is 4.33. The fraction of sp³-hybridized carbons (Fsp3) is 0.694. The van der Waals surface area contributed by atoms with E-state index in [0.29, 0.717) is 19.3 Å². The molecule has 2 N–H and O–H groups in total. The summed E-state index contributed by atoms with van der Waals surface area (Å²) in [4.78, 5) is 48.5. The molecule has 0 rings (SSSR count). The predicted molar refractivity (Wildman–Crippen MR) is 307 cm³/mol. The molecule has 424 valence electrons. The Morgan fingerprint density at radius 2 is 0.703 bits per heavy atom. The molecule has 0 aromatic rings. The molecule has 0 radical (unpaired) electrons. The zero-order chi connectivity index (χ0) is 54.1. The lowest BCUT2D eigenvalue weighted by Gasteiger charge is -2.21. The number of hydrogen-bond donors (Lipinski definition) is 2. The van der Waals surface area contributed by atoms with Crippen molar-refractivity contribution >= 4 is 25.7 Å². The van der Waals surface area contributed by atoms with Crippen LogP contribution in [-0.2, 0) is 42.2 Å². The Bertz CT molecular complexity index is 1610. The summed E-state index contributed by atoms with van der Waals surface area (Å²) in [6, 6.07) is 0. The summed E-state index contributed by atoms with van der Waals surface area (Å²) < 4.78 is 39.5. The molecule has 0 saturated carbocycles. The number of carbonyl (C=O) groups is 3. The van der Waals surface area contributed by atoms with E-state index in [1.807, 2.05) is 0 Å². The lowest BCUT2D eigenvalue weighted by Crippen LogP contribution is -2.30. The first kappa shape index (κ1) is 70.4. The van der Waals surface area contributed by atoms with Crippen molar-refractivity contribution in [2.24, 2.45) is 0 Å². The van der Waals surface area contributed by atoms with Crippen LogP contribution in [0.3, 0.4) is 0 Å². The molecule has 0 aromatic carbocycles. The van der Waals surface area contributed by atoms with Crippen molar-refractivity contribution in [3.8, 4) is 0 Å². The molecule has 11 nitrogen and oxygen atoms in total. The lowest BCUT2D eigenvalue weighted by atomic mass is 10.0. The van der Waals surface area contributed by atoms with E-state index in [1.165, 1.54) is 83.5 Å². The highest BCUT2D eigenvalue weighted by molar-refractivity contribution is 7.47. The maximum absolute atomic E-state index is 12.9. The van der Waals surface area contributed by atoms with Gasteiger partial charge in [-0.1, -0.05) is 221 Å². The summed E-state index contributed by atoms with van der Waals surface area (Å²) in [5.74, 6) is -1.56. The molecular formula is C62H105O11P. The second-order valence-corrected chi connectivity index (χ2v) is 20.5. The Labute approximate surface area is 451 Å². The van der Waals surface area contributed by atoms with E-state index >= 15 is 0 Å². The topological polar surface area (TPSA) is 155 Å². The van der Waals surface area contributed by atoms with Gasteiger partial charge in [0.1, 0.15) is 12.7 Å². The average molecular weight is 1060 g/mol. The first-order chi connectivity index (χ1) is 36.2. The number of phosphoric ester groups is 1. The van der Waals surface area contributed by atoms with Crippen molar-refractivity contribution in [3.05, 3.63) is 97.2 Å². The van der Waals surface area contributed by atoms with Gasteiger partial charge in [0, 0.05) is 19.3 Å². The largest absolute Gasteiger partial charge is 0.472 e.